The summed E-state index contributed by atoms with van der Waals surface area (Å²) in [5, 5.41) is 16.0. The van der Waals surface area contributed by atoms with Crippen LogP contribution in [0.25, 0.3) is 10.4 Å². The van der Waals surface area contributed by atoms with Crippen LogP contribution in [-0.2, 0) is 10.3 Å². The lowest BCUT2D eigenvalue weighted by Gasteiger charge is -2.28. The molecule has 1 atom stereocenters. The van der Waals surface area contributed by atoms with Crippen LogP contribution >= 0.6 is 0 Å². The standard InChI is InChI=1S/C14H20N4O3/c1-10-5-6-12(21-3)11(9-10)14(2,13(19)20)16-7-4-8-17-18-15/h5-6,9,16H,4,7-8H2,1-3H3,(H,19,20). The van der Waals surface area contributed by atoms with Crippen LogP contribution < -0.4 is 10.1 Å². The van der Waals surface area contributed by atoms with E-state index in [0.717, 1.165) is 5.56 Å². The van der Waals surface area contributed by atoms with Gasteiger partial charge in [0.05, 0.1) is 7.11 Å². The number of hydrogen-bond acceptors (Lipinski definition) is 4. The SMILES string of the molecule is COc1ccc(C)cc1C(C)(NCCCN=[N+]=[N-])C(=O)O. The van der Waals surface area contributed by atoms with Gasteiger partial charge in [-0.05, 0) is 44.5 Å². The zero-order chi connectivity index (χ0) is 15.9. The van der Waals surface area contributed by atoms with Crippen molar-refractivity contribution < 1.29 is 14.6 Å². The third-order valence-electron chi connectivity index (χ3n) is 3.30. The van der Waals surface area contributed by atoms with Crippen LogP contribution in [0.2, 0.25) is 0 Å². The molecule has 2 N–H and O–H groups in total. The Labute approximate surface area is 123 Å². The molecule has 7 heteroatoms. The van der Waals surface area contributed by atoms with Crippen molar-refractivity contribution in [1.82, 2.24) is 5.32 Å². The molecule has 0 radical (unpaired) electrons. The zero-order valence-electron chi connectivity index (χ0n) is 12.5. The van der Waals surface area contributed by atoms with Crippen molar-refractivity contribution in [3.05, 3.63) is 39.8 Å². The van der Waals surface area contributed by atoms with Gasteiger partial charge in [0.1, 0.15) is 11.3 Å². The summed E-state index contributed by atoms with van der Waals surface area (Å²) in [6, 6.07) is 5.42. The molecule has 1 rings (SSSR count). The average Bonchev–Trinajstić information content (AvgIpc) is 2.46. The smallest absolute Gasteiger partial charge is 0.328 e. The van der Waals surface area contributed by atoms with Crippen LogP contribution in [0.5, 0.6) is 5.75 Å². The fourth-order valence-electron chi connectivity index (χ4n) is 2.03. The van der Waals surface area contributed by atoms with Gasteiger partial charge in [-0.2, -0.15) is 0 Å². The third kappa shape index (κ3) is 4.11. The molecule has 0 saturated carbocycles. The van der Waals surface area contributed by atoms with E-state index in [1.54, 1.807) is 19.1 Å². The third-order valence-corrected chi connectivity index (χ3v) is 3.30. The number of carboxylic acids is 1. The summed E-state index contributed by atoms with van der Waals surface area (Å²) in [4.78, 5) is 14.4. The van der Waals surface area contributed by atoms with Crippen LogP contribution in [0.4, 0.5) is 0 Å². The summed E-state index contributed by atoms with van der Waals surface area (Å²) in [7, 11) is 1.51. The molecule has 114 valence electrons. The van der Waals surface area contributed by atoms with Crippen molar-refractivity contribution >= 4 is 5.97 Å². The Hall–Kier alpha value is -2.24. The van der Waals surface area contributed by atoms with Gasteiger partial charge < -0.3 is 9.84 Å². The van der Waals surface area contributed by atoms with Crippen LogP contribution in [0.3, 0.4) is 0 Å². The zero-order valence-corrected chi connectivity index (χ0v) is 12.5. The quantitative estimate of drug-likeness (QED) is 0.332. The molecular formula is C14H20N4O3. The van der Waals surface area contributed by atoms with Crippen molar-refractivity contribution in [1.29, 1.82) is 0 Å². The first-order valence-electron chi connectivity index (χ1n) is 6.60. The number of aryl methyl sites for hydroxylation is 1. The highest BCUT2D eigenvalue weighted by Gasteiger charge is 2.37. The van der Waals surface area contributed by atoms with Crippen LogP contribution in [0.1, 0.15) is 24.5 Å². The minimum Gasteiger partial charge on any atom is -0.496 e. The number of aliphatic carboxylic acids is 1. The lowest BCUT2D eigenvalue weighted by molar-refractivity contribution is -0.144. The van der Waals surface area contributed by atoms with Gasteiger partial charge in [0, 0.05) is 17.0 Å². The first-order chi connectivity index (χ1) is 9.95. The van der Waals surface area contributed by atoms with Gasteiger partial charge in [-0.15, -0.1) is 0 Å². The number of rotatable bonds is 8. The van der Waals surface area contributed by atoms with Crippen molar-refractivity contribution in [2.75, 3.05) is 20.2 Å². The number of ether oxygens (including phenoxy) is 1. The number of nitrogens with one attached hydrogen (secondary N) is 1. The predicted molar refractivity (Wildman–Crippen MR) is 79.4 cm³/mol. The number of nitrogens with zero attached hydrogens (tertiary/aromatic N) is 3. The largest absolute Gasteiger partial charge is 0.496 e. The first kappa shape index (κ1) is 16.8. The summed E-state index contributed by atoms with van der Waals surface area (Å²) in [5.74, 6) is -0.469. The maximum Gasteiger partial charge on any atom is 0.328 e. The summed E-state index contributed by atoms with van der Waals surface area (Å²) >= 11 is 0. The highest BCUT2D eigenvalue weighted by atomic mass is 16.5. The maximum absolute atomic E-state index is 11.7. The molecular weight excluding hydrogens is 272 g/mol. The Morgan fingerprint density at radius 3 is 2.86 bits per heavy atom. The van der Waals surface area contributed by atoms with Crippen molar-refractivity contribution in [2.24, 2.45) is 5.11 Å². The molecule has 21 heavy (non-hydrogen) atoms. The van der Waals surface area contributed by atoms with Crippen molar-refractivity contribution in [3.63, 3.8) is 0 Å². The van der Waals surface area contributed by atoms with Crippen LogP contribution in [-0.4, -0.2) is 31.3 Å². The Bertz CT molecular complexity index is 555. The molecule has 0 heterocycles. The van der Waals surface area contributed by atoms with E-state index in [9.17, 15) is 9.90 Å². The lowest BCUT2D eigenvalue weighted by atomic mass is 9.89. The lowest BCUT2D eigenvalue weighted by Crippen LogP contribution is -2.47. The minimum atomic E-state index is -1.27. The van der Waals surface area contributed by atoms with Gasteiger partial charge in [-0.3, -0.25) is 5.32 Å². The highest BCUT2D eigenvalue weighted by molar-refractivity contribution is 5.81. The second-order valence-corrected chi connectivity index (χ2v) is 4.87. The van der Waals surface area contributed by atoms with Gasteiger partial charge in [-0.1, -0.05) is 16.7 Å². The van der Waals surface area contributed by atoms with Gasteiger partial charge in [-0.25, -0.2) is 4.79 Å². The second kappa shape index (κ2) is 7.52. The molecule has 1 aromatic carbocycles. The van der Waals surface area contributed by atoms with E-state index >= 15 is 0 Å². The van der Waals surface area contributed by atoms with E-state index in [1.807, 2.05) is 13.0 Å². The molecule has 0 aliphatic rings. The molecule has 1 unspecified atom stereocenters. The van der Waals surface area contributed by atoms with Gasteiger partial charge >= 0.3 is 5.97 Å². The van der Waals surface area contributed by atoms with Gasteiger partial charge in [0.25, 0.3) is 0 Å². The first-order valence-corrected chi connectivity index (χ1v) is 6.60. The van der Waals surface area contributed by atoms with Gasteiger partial charge in [0.2, 0.25) is 0 Å². The van der Waals surface area contributed by atoms with Crippen molar-refractivity contribution in [3.8, 4) is 5.75 Å². The van der Waals surface area contributed by atoms with E-state index in [4.69, 9.17) is 10.3 Å². The minimum absolute atomic E-state index is 0.324. The number of carboxylic acid groups (broad SMARTS) is 1. The van der Waals surface area contributed by atoms with E-state index in [0.29, 0.717) is 30.8 Å². The number of methoxy groups -OCH3 is 1. The van der Waals surface area contributed by atoms with Gasteiger partial charge in [0.15, 0.2) is 0 Å². The van der Waals surface area contributed by atoms with E-state index in [1.165, 1.54) is 7.11 Å². The van der Waals surface area contributed by atoms with Crippen LogP contribution in [0.15, 0.2) is 23.3 Å². The topological polar surface area (TPSA) is 107 Å². The number of benzene rings is 1. The summed E-state index contributed by atoms with van der Waals surface area (Å²) in [5.41, 5.74) is 8.47. The van der Waals surface area contributed by atoms with Crippen LogP contribution in [0, 0.1) is 6.92 Å². The van der Waals surface area contributed by atoms with E-state index in [-0.39, 0.29) is 0 Å². The Kier molecular flexibility index (Phi) is 6.02. The Morgan fingerprint density at radius 1 is 1.57 bits per heavy atom. The summed E-state index contributed by atoms with van der Waals surface area (Å²) in [6.07, 6.45) is 0.557. The average molecular weight is 292 g/mol. The Morgan fingerprint density at radius 2 is 2.29 bits per heavy atom. The molecule has 0 saturated heterocycles. The van der Waals surface area contributed by atoms with E-state index < -0.39 is 11.5 Å². The van der Waals surface area contributed by atoms with Crippen molar-refractivity contribution in [2.45, 2.75) is 25.8 Å². The molecule has 0 aromatic heterocycles. The van der Waals surface area contributed by atoms with E-state index in [2.05, 4.69) is 15.3 Å². The summed E-state index contributed by atoms with van der Waals surface area (Å²) in [6.45, 7) is 4.23. The molecule has 0 bridgehead atoms. The predicted octanol–water partition coefficient (Wildman–Crippen LogP) is 2.59. The molecule has 7 nitrogen and oxygen atoms in total. The fraction of sp³-hybridized carbons (Fsp3) is 0.500. The normalized spacial score (nSPS) is 13.1. The number of carbonyl (C=O) groups is 1. The number of azide groups is 1. The number of hydrogen-bond donors (Lipinski definition) is 2. The molecule has 0 amide bonds. The molecule has 0 fully saturated rings. The molecule has 0 aliphatic heterocycles. The monoisotopic (exact) mass is 292 g/mol. The molecule has 0 spiro atoms. The maximum atomic E-state index is 11.7. The summed E-state index contributed by atoms with van der Waals surface area (Å²) < 4.78 is 5.27. The molecule has 0 aliphatic carbocycles. The highest BCUT2D eigenvalue weighted by Crippen LogP contribution is 2.31. The fourth-order valence-corrected chi connectivity index (χ4v) is 2.03. The second-order valence-electron chi connectivity index (χ2n) is 4.87. The Balaban J connectivity index is 3.01. The molecule has 1 aromatic rings.